The van der Waals surface area contributed by atoms with Crippen molar-refractivity contribution in [1.82, 2.24) is 19.9 Å². The summed E-state index contributed by atoms with van der Waals surface area (Å²) < 4.78 is 7.51. The smallest absolute Gasteiger partial charge is 0.253 e. The molecule has 25 heavy (non-hydrogen) atoms. The molecule has 0 aliphatic rings. The molecule has 0 bridgehead atoms. The molecule has 0 aliphatic carbocycles. The van der Waals surface area contributed by atoms with Gasteiger partial charge in [-0.2, -0.15) is 0 Å². The quantitative estimate of drug-likeness (QED) is 0.718. The third-order valence-corrected chi connectivity index (χ3v) is 4.23. The second-order valence-electron chi connectivity index (χ2n) is 6.26. The van der Waals surface area contributed by atoms with Crippen LogP contribution in [0, 0.1) is 13.8 Å². The molecule has 1 heterocycles. The molecule has 0 unspecified atom stereocenters. The number of nitrogens with zero attached hydrogens (tertiary/aromatic N) is 4. The van der Waals surface area contributed by atoms with Gasteiger partial charge in [0.25, 0.3) is 5.91 Å². The Labute approximate surface area is 147 Å². The molecule has 3 rings (SSSR count). The van der Waals surface area contributed by atoms with Gasteiger partial charge in [0, 0.05) is 19.7 Å². The van der Waals surface area contributed by atoms with Gasteiger partial charge < -0.3 is 9.64 Å². The molecule has 6 heteroatoms. The summed E-state index contributed by atoms with van der Waals surface area (Å²) in [6.07, 6.45) is 0. The van der Waals surface area contributed by atoms with Crippen LogP contribution in [0.3, 0.4) is 0 Å². The Bertz CT molecular complexity index is 917. The number of hydrogen-bond donors (Lipinski definition) is 0. The molecule has 3 aromatic rings. The summed E-state index contributed by atoms with van der Waals surface area (Å²) in [6, 6.07) is 11.5. The molecule has 0 aliphatic heterocycles. The number of amides is 1. The van der Waals surface area contributed by atoms with Crippen molar-refractivity contribution in [2.24, 2.45) is 7.05 Å². The van der Waals surface area contributed by atoms with Gasteiger partial charge in [0.2, 0.25) is 0 Å². The van der Waals surface area contributed by atoms with Crippen molar-refractivity contribution in [2.75, 3.05) is 20.2 Å². The Balaban J connectivity index is 1.62. The zero-order valence-electron chi connectivity index (χ0n) is 15.0. The fourth-order valence-electron chi connectivity index (χ4n) is 2.65. The van der Waals surface area contributed by atoms with Gasteiger partial charge in [-0.15, -0.1) is 5.10 Å². The lowest BCUT2D eigenvalue weighted by Gasteiger charge is -2.18. The standard InChI is InChI=1S/C19H22N4O2/c1-13-5-6-14(2)18(11-13)25-10-9-22(3)19(24)15-7-8-17-16(12-15)20-21-23(17)4/h5-8,11-12H,9-10H2,1-4H3. The number of carbonyl (C=O) groups is 1. The minimum Gasteiger partial charge on any atom is -0.491 e. The first kappa shape index (κ1) is 17.0. The van der Waals surface area contributed by atoms with Crippen LogP contribution in [0.1, 0.15) is 21.5 Å². The van der Waals surface area contributed by atoms with E-state index in [9.17, 15) is 4.79 Å². The van der Waals surface area contributed by atoms with Gasteiger partial charge in [0.1, 0.15) is 17.9 Å². The van der Waals surface area contributed by atoms with E-state index in [1.54, 1.807) is 28.8 Å². The molecule has 0 N–H and O–H groups in total. The van der Waals surface area contributed by atoms with Crippen LogP contribution >= 0.6 is 0 Å². The number of likely N-dealkylation sites (N-methyl/N-ethyl adjacent to an activating group) is 1. The van der Waals surface area contributed by atoms with Crippen LogP contribution in [0.4, 0.5) is 0 Å². The highest BCUT2D eigenvalue weighted by Crippen LogP contribution is 2.19. The molecular weight excluding hydrogens is 316 g/mol. The maximum absolute atomic E-state index is 12.6. The fraction of sp³-hybridized carbons (Fsp3) is 0.316. The van der Waals surface area contributed by atoms with E-state index in [1.807, 2.05) is 39.1 Å². The van der Waals surface area contributed by atoms with Crippen LogP contribution < -0.4 is 4.74 Å². The number of rotatable bonds is 5. The Morgan fingerprint density at radius 1 is 1.20 bits per heavy atom. The van der Waals surface area contributed by atoms with Crippen molar-refractivity contribution in [3.8, 4) is 5.75 Å². The van der Waals surface area contributed by atoms with Gasteiger partial charge in [-0.05, 0) is 49.2 Å². The molecule has 0 radical (unpaired) electrons. The molecular formula is C19H22N4O2. The molecule has 1 aromatic heterocycles. The van der Waals surface area contributed by atoms with Gasteiger partial charge >= 0.3 is 0 Å². The second-order valence-corrected chi connectivity index (χ2v) is 6.26. The normalized spacial score (nSPS) is 10.9. The summed E-state index contributed by atoms with van der Waals surface area (Å²) in [5.41, 5.74) is 4.46. The number of benzene rings is 2. The van der Waals surface area contributed by atoms with Gasteiger partial charge in [-0.25, -0.2) is 4.68 Å². The Morgan fingerprint density at radius 3 is 2.80 bits per heavy atom. The third-order valence-electron chi connectivity index (χ3n) is 4.23. The van der Waals surface area contributed by atoms with Crippen LogP contribution in [0.25, 0.3) is 11.0 Å². The SMILES string of the molecule is Cc1ccc(C)c(OCCN(C)C(=O)c2ccc3c(c2)nnn3C)c1. The van der Waals surface area contributed by atoms with E-state index in [0.29, 0.717) is 24.2 Å². The number of aryl methyl sites for hydroxylation is 3. The predicted octanol–water partition coefficient (Wildman–Crippen LogP) is 2.74. The van der Waals surface area contributed by atoms with Crippen LogP contribution in [-0.2, 0) is 7.05 Å². The molecule has 130 valence electrons. The summed E-state index contributed by atoms with van der Waals surface area (Å²) in [4.78, 5) is 14.2. The first-order valence-electron chi connectivity index (χ1n) is 8.20. The molecule has 2 aromatic carbocycles. The highest BCUT2D eigenvalue weighted by atomic mass is 16.5. The molecule has 0 fully saturated rings. The lowest BCUT2D eigenvalue weighted by atomic mass is 10.1. The van der Waals surface area contributed by atoms with Gasteiger partial charge in [0.05, 0.1) is 12.1 Å². The Hall–Kier alpha value is -2.89. The van der Waals surface area contributed by atoms with Gasteiger partial charge in [-0.3, -0.25) is 4.79 Å². The highest BCUT2D eigenvalue weighted by Gasteiger charge is 2.14. The van der Waals surface area contributed by atoms with E-state index in [-0.39, 0.29) is 5.91 Å². The number of carbonyl (C=O) groups excluding carboxylic acids is 1. The zero-order valence-corrected chi connectivity index (χ0v) is 15.0. The summed E-state index contributed by atoms with van der Waals surface area (Å²) in [5, 5.41) is 8.02. The highest BCUT2D eigenvalue weighted by molar-refractivity contribution is 5.97. The lowest BCUT2D eigenvalue weighted by Crippen LogP contribution is -2.30. The van der Waals surface area contributed by atoms with E-state index >= 15 is 0 Å². The summed E-state index contributed by atoms with van der Waals surface area (Å²) in [6.45, 7) is 5.00. The first-order valence-corrected chi connectivity index (χ1v) is 8.20. The summed E-state index contributed by atoms with van der Waals surface area (Å²) in [5.74, 6) is 0.805. The van der Waals surface area contributed by atoms with Crippen LogP contribution in [0.5, 0.6) is 5.75 Å². The van der Waals surface area contributed by atoms with E-state index in [4.69, 9.17) is 4.74 Å². The number of fused-ring (bicyclic) bond motifs is 1. The summed E-state index contributed by atoms with van der Waals surface area (Å²) in [7, 11) is 3.60. The van der Waals surface area contributed by atoms with Crippen molar-refractivity contribution < 1.29 is 9.53 Å². The van der Waals surface area contributed by atoms with Crippen LogP contribution in [-0.4, -0.2) is 46.0 Å². The van der Waals surface area contributed by atoms with Crippen molar-refractivity contribution in [2.45, 2.75) is 13.8 Å². The van der Waals surface area contributed by atoms with E-state index in [0.717, 1.165) is 22.4 Å². The lowest BCUT2D eigenvalue weighted by molar-refractivity contribution is 0.0774. The maximum Gasteiger partial charge on any atom is 0.253 e. The molecule has 0 saturated heterocycles. The fourth-order valence-corrected chi connectivity index (χ4v) is 2.65. The molecule has 0 saturated carbocycles. The first-order chi connectivity index (χ1) is 12.0. The van der Waals surface area contributed by atoms with E-state index in [2.05, 4.69) is 16.4 Å². The molecule has 6 nitrogen and oxygen atoms in total. The van der Waals surface area contributed by atoms with Crippen molar-refractivity contribution in [3.63, 3.8) is 0 Å². The van der Waals surface area contributed by atoms with Crippen molar-refractivity contribution in [3.05, 3.63) is 53.1 Å². The van der Waals surface area contributed by atoms with Crippen LogP contribution in [0.2, 0.25) is 0 Å². The van der Waals surface area contributed by atoms with Crippen molar-refractivity contribution >= 4 is 16.9 Å². The van der Waals surface area contributed by atoms with Crippen molar-refractivity contribution in [1.29, 1.82) is 0 Å². The largest absolute Gasteiger partial charge is 0.491 e. The number of aromatic nitrogens is 3. The average Bonchev–Trinajstić information content (AvgIpc) is 2.97. The summed E-state index contributed by atoms with van der Waals surface area (Å²) >= 11 is 0. The van der Waals surface area contributed by atoms with Gasteiger partial charge in [-0.1, -0.05) is 17.3 Å². The molecule has 0 atom stereocenters. The zero-order chi connectivity index (χ0) is 18.0. The maximum atomic E-state index is 12.6. The third kappa shape index (κ3) is 3.63. The minimum absolute atomic E-state index is 0.0582. The van der Waals surface area contributed by atoms with E-state index in [1.165, 1.54) is 0 Å². The predicted molar refractivity (Wildman–Crippen MR) is 96.9 cm³/mol. The van der Waals surface area contributed by atoms with Crippen LogP contribution in [0.15, 0.2) is 36.4 Å². The average molecular weight is 338 g/mol. The topological polar surface area (TPSA) is 60.2 Å². The Kier molecular flexibility index (Phi) is 4.70. The number of hydrogen-bond acceptors (Lipinski definition) is 4. The Morgan fingerprint density at radius 2 is 2.00 bits per heavy atom. The minimum atomic E-state index is -0.0582. The second kappa shape index (κ2) is 6.93. The molecule has 0 spiro atoms. The van der Waals surface area contributed by atoms with E-state index < -0.39 is 0 Å². The molecule has 1 amide bonds. The van der Waals surface area contributed by atoms with Gasteiger partial charge in [0.15, 0.2) is 0 Å². The monoisotopic (exact) mass is 338 g/mol. The number of ether oxygens (including phenoxy) is 1.